The van der Waals surface area contributed by atoms with Gasteiger partial charge in [0.05, 0.1) is 9.79 Å². The summed E-state index contributed by atoms with van der Waals surface area (Å²) < 4.78 is 26.1. The van der Waals surface area contributed by atoms with Gasteiger partial charge in [-0.1, -0.05) is 36.4 Å². The second kappa shape index (κ2) is 6.38. The number of nitrogens with zero attached hydrogens (tertiary/aromatic N) is 1. The molecule has 6 heteroatoms. The Morgan fingerprint density at radius 1 is 0.960 bits per heavy atom. The first-order valence-electron chi connectivity index (χ1n) is 7.48. The molecule has 1 heterocycles. The van der Waals surface area contributed by atoms with Crippen molar-refractivity contribution in [3.05, 3.63) is 82.3 Å². The van der Waals surface area contributed by atoms with Gasteiger partial charge in [-0.15, -0.1) is 0 Å². The van der Waals surface area contributed by atoms with Crippen LogP contribution >= 0.6 is 0 Å². The number of sulfone groups is 1. The van der Waals surface area contributed by atoms with Gasteiger partial charge in [0.1, 0.15) is 11.6 Å². The van der Waals surface area contributed by atoms with Gasteiger partial charge in [0.2, 0.25) is 9.84 Å². The summed E-state index contributed by atoms with van der Waals surface area (Å²) in [7, 11) is -3.79. The molecule has 3 aromatic rings. The van der Waals surface area contributed by atoms with Crippen molar-refractivity contribution in [2.45, 2.75) is 16.7 Å². The van der Waals surface area contributed by atoms with Crippen LogP contribution in [0, 0.1) is 18.3 Å². The highest BCUT2D eigenvalue weighted by molar-refractivity contribution is 7.91. The lowest BCUT2D eigenvalue weighted by atomic mass is 10.0. The predicted octanol–water partition coefficient (Wildman–Crippen LogP) is 3.05. The molecule has 0 bridgehead atoms. The fourth-order valence-electron chi connectivity index (χ4n) is 2.66. The van der Waals surface area contributed by atoms with Crippen LogP contribution in [-0.2, 0) is 9.84 Å². The summed E-state index contributed by atoms with van der Waals surface area (Å²) in [6, 6.07) is 17.9. The molecule has 0 aliphatic rings. The van der Waals surface area contributed by atoms with E-state index in [9.17, 15) is 18.5 Å². The number of aryl methyl sites for hydroxylation is 1. The third-order valence-corrected chi connectivity index (χ3v) is 5.63. The fraction of sp³-hybridized carbons (Fsp3) is 0.0526. The van der Waals surface area contributed by atoms with Crippen LogP contribution in [0.2, 0.25) is 0 Å². The largest absolute Gasteiger partial charge is 0.325 e. The Bertz CT molecular complexity index is 1140. The molecule has 0 fully saturated rings. The van der Waals surface area contributed by atoms with Crippen LogP contribution < -0.4 is 5.56 Å². The maximum Gasteiger partial charge on any atom is 0.266 e. The van der Waals surface area contributed by atoms with Gasteiger partial charge in [-0.25, -0.2) is 8.42 Å². The van der Waals surface area contributed by atoms with Crippen LogP contribution in [-0.4, -0.2) is 13.4 Å². The number of H-pyrrole nitrogens is 1. The molecule has 0 radical (unpaired) electrons. The van der Waals surface area contributed by atoms with E-state index in [4.69, 9.17) is 0 Å². The third-order valence-electron chi connectivity index (χ3n) is 3.80. The molecule has 0 saturated carbocycles. The van der Waals surface area contributed by atoms with Gasteiger partial charge in [0.15, 0.2) is 0 Å². The first-order valence-corrected chi connectivity index (χ1v) is 8.97. The molecule has 0 aliphatic carbocycles. The lowest BCUT2D eigenvalue weighted by Gasteiger charge is -2.12. The van der Waals surface area contributed by atoms with Gasteiger partial charge >= 0.3 is 0 Å². The number of hydrogen-bond donors (Lipinski definition) is 1. The topological polar surface area (TPSA) is 90.8 Å². The Hall–Kier alpha value is -3.17. The standard InChI is InChI=1S/C19H14N2O3S/c1-13-11-16(17(12-20)19(22)21-13)15-9-5-6-10-18(15)25(23,24)14-7-3-2-4-8-14/h2-11H,1H3,(H,21,22). The Morgan fingerprint density at radius 3 is 2.28 bits per heavy atom. The maximum absolute atomic E-state index is 13.0. The molecule has 0 aliphatic heterocycles. The SMILES string of the molecule is Cc1cc(-c2ccccc2S(=O)(=O)c2ccccc2)c(C#N)c(=O)[nH]1. The summed E-state index contributed by atoms with van der Waals surface area (Å²) in [5.41, 5.74) is 0.535. The van der Waals surface area contributed by atoms with E-state index in [1.807, 2.05) is 6.07 Å². The number of benzene rings is 2. The Labute approximate surface area is 145 Å². The summed E-state index contributed by atoms with van der Waals surface area (Å²) in [6.07, 6.45) is 0. The fourth-order valence-corrected chi connectivity index (χ4v) is 4.16. The molecular formula is C19H14N2O3S. The average molecular weight is 350 g/mol. The second-order valence-electron chi connectivity index (χ2n) is 5.49. The predicted molar refractivity (Wildman–Crippen MR) is 93.8 cm³/mol. The minimum absolute atomic E-state index is 0.0581. The van der Waals surface area contributed by atoms with Gasteiger partial charge in [-0.05, 0) is 31.2 Å². The summed E-state index contributed by atoms with van der Waals surface area (Å²) >= 11 is 0. The van der Waals surface area contributed by atoms with E-state index in [-0.39, 0.29) is 15.4 Å². The van der Waals surface area contributed by atoms with Gasteiger partial charge < -0.3 is 4.98 Å². The third kappa shape index (κ3) is 2.97. The molecule has 0 saturated heterocycles. The average Bonchev–Trinajstić information content (AvgIpc) is 2.62. The molecule has 0 atom stereocenters. The van der Waals surface area contributed by atoms with Crippen LogP contribution in [0.1, 0.15) is 11.3 Å². The zero-order chi connectivity index (χ0) is 18.0. The van der Waals surface area contributed by atoms with Crippen molar-refractivity contribution in [3.63, 3.8) is 0 Å². The smallest absolute Gasteiger partial charge is 0.266 e. The highest BCUT2D eigenvalue weighted by atomic mass is 32.2. The number of hydrogen-bond acceptors (Lipinski definition) is 4. The lowest BCUT2D eigenvalue weighted by Crippen LogP contribution is -2.14. The Morgan fingerprint density at radius 2 is 1.60 bits per heavy atom. The summed E-state index contributed by atoms with van der Waals surface area (Å²) in [5, 5.41) is 9.34. The normalized spacial score (nSPS) is 11.0. The van der Waals surface area contributed by atoms with Crippen molar-refractivity contribution in [2.75, 3.05) is 0 Å². The number of nitriles is 1. The van der Waals surface area contributed by atoms with Crippen molar-refractivity contribution in [1.82, 2.24) is 4.98 Å². The van der Waals surface area contributed by atoms with Crippen LogP contribution in [0.15, 0.2) is 75.2 Å². The first-order chi connectivity index (χ1) is 11.9. The van der Waals surface area contributed by atoms with E-state index in [0.717, 1.165) is 0 Å². The van der Waals surface area contributed by atoms with E-state index in [1.165, 1.54) is 18.2 Å². The second-order valence-corrected chi connectivity index (χ2v) is 7.41. The van der Waals surface area contributed by atoms with E-state index in [1.54, 1.807) is 49.4 Å². The van der Waals surface area contributed by atoms with E-state index in [0.29, 0.717) is 16.8 Å². The molecule has 0 spiro atoms. The molecule has 2 aromatic carbocycles. The van der Waals surface area contributed by atoms with Gasteiger partial charge in [-0.2, -0.15) is 5.26 Å². The zero-order valence-electron chi connectivity index (χ0n) is 13.4. The highest BCUT2D eigenvalue weighted by Crippen LogP contribution is 2.32. The number of rotatable bonds is 3. The van der Waals surface area contributed by atoms with E-state index >= 15 is 0 Å². The van der Waals surface area contributed by atoms with Crippen molar-refractivity contribution in [2.24, 2.45) is 0 Å². The van der Waals surface area contributed by atoms with Crippen molar-refractivity contribution < 1.29 is 8.42 Å². The monoisotopic (exact) mass is 350 g/mol. The van der Waals surface area contributed by atoms with E-state index in [2.05, 4.69) is 4.98 Å². The molecule has 0 amide bonds. The molecule has 3 rings (SSSR count). The molecule has 124 valence electrons. The summed E-state index contributed by atoms with van der Waals surface area (Å²) in [4.78, 5) is 14.8. The molecule has 0 unspecified atom stereocenters. The molecular weight excluding hydrogens is 336 g/mol. The number of aromatic nitrogens is 1. The van der Waals surface area contributed by atoms with Crippen molar-refractivity contribution in [3.8, 4) is 17.2 Å². The number of pyridine rings is 1. The Balaban J connectivity index is 2.34. The van der Waals surface area contributed by atoms with Crippen molar-refractivity contribution >= 4 is 9.84 Å². The minimum Gasteiger partial charge on any atom is -0.325 e. The lowest BCUT2D eigenvalue weighted by molar-refractivity contribution is 0.596. The van der Waals surface area contributed by atoms with Gasteiger partial charge in [0.25, 0.3) is 5.56 Å². The highest BCUT2D eigenvalue weighted by Gasteiger charge is 2.23. The maximum atomic E-state index is 13.0. The minimum atomic E-state index is -3.79. The molecule has 1 N–H and O–H groups in total. The quantitative estimate of drug-likeness (QED) is 0.786. The zero-order valence-corrected chi connectivity index (χ0v) is 14.2. The summed E-state index contributed by atoms with van der Waals surface area (Å²) in [6.45, 7) is 1.68. The van der Waals surface area contributed by atoms with Crippen LogP contribution in [0.3, 0.4) is 0 Å². The summed E-state index contributed by atoms with van der Waals surface area (Å²) in [5.74, 6) is 0. The molecule has 5 nitrogen and oxygen atoms in total. The van der Waals surface area contributed by atoms with Crippen LogP contribution in [0.4, 0.5) is 0 Å². The first kappa shape index (κ1) is 16.7. The van der Waals surface area contributed by atoms with Crippen LogP contribution in [0.25, 0.3) is 11.1 Å². The van der Waals surface area contributed by atoms with Crippen molar-refractivity contribution in [1.29, 1.82) is 5.26 Å². The Kier molecular flexibility index (Phi) is 4.26. The molecule has 1 aromatic heterocycles. The molecule has 25 heavy (non-hydrogen) atoms. The van der Waals surface area contributed by atoms with Gasteiger partial charge in [-0.3, -0.25) is 4.79 Å². The van der Waals surface area contributed by atoms with Gasteiger partial charge in [0, 0.05) is 16.8 Å². The number of nitrogens with one attached hydrogen (secondary N) is 1. The van der Waals surface area contributed by atoms with Crippen LogP contribution in [0.5, 0.6) is 0 Å². The number of aromatic amines is 1. The van der Waals surface area contributed by atoms with E-state index < -0.39 is 15.4 Å².